The van der Waals surface area contributed by atoms with Gasteiger partial charge in [0.05, 0.1) is 12.2 Å². The zero-order valence-corrected chi connectivity index (χ0v) is 13.3. The number of nitrogens with one attached hydrogen (secondary N) is 1. The fourth-order valence-electron chi connectivity index (χ4n) is 2.34. The Hall–Kier alpha value is -1.55. The number of hydrogen-bond donors (Lipinski definition) is 1. The number of benzene rings is 1. The molecule has 2 rings (SSSR count). The summed E-state index contributed by atoms with van der Waals surface area (Å²) in [6.45, 7) is 9.07. The van der Waals surface area contributed by atoms with E-state index in [1.54, 1.807) is 0 Å². The quantitative estimate of drug-likeness (QED) is 0.924. The first kappa shape index (κ1) is 15.8. The molecule has 1 aromatic rings. The van der Waals surface area contributed by atoms with Crippen molar-refractivity contribution in [2.75, 3.05) is 13.1 Å². The number of urea groups is 1. The van der Waals surface area contributed by atoms with Crippen molar-refractivity contribution in [3.63, 3.8) is 0 Å². The minimum atomic E-state index is -0.139. The number of amides is 2. The fraction of sp³-hybridized carbons (Fsp3) is 0.588. The van der Waals surface area contributed by atoms with E-state index in [0.717, 1.165) is 37.1 Å². The second-order valence-electron chi connectivity index (χ2n) is 6.57. The van der Waals surface area contributed by atoms with Gasteiger partial charge in [-0.3, -0.25) is 0 Å². The Balaban J connectivity index is 1.84. The molecule has 0 aliphatic carbocycles. The van der Waals surface area contributed by atoms with Crippen LogP contribution >= 0.6 is 0 Å². The average molecular weight is 290 g/mol. The minimum absolute atomic E-state index is 0.0452. The molecule has 1 aliphatic rings. The lowest BCUT2D eigenvalue weighted by Crippen LogP contribution is -2.37. The van der Waals surface area contributed by atoms with Gasteiger partial charge in [-0.15, -0.1) is 0 Å². The first-order chi connectivity index (χ1) is 9.94. The molecule has 0 unspecified atom stereocenters. The third-order valence-corrected chi connectivity index (χ3v) is 3.50. The van der Waals surface area contributed by atoms with Crippen molar-refractivity contribution in [2.24, 2.45) is 0 Å². The van der Waals surface area contributed by atoms with Gasteiger partial charge in [0.25, 0.3) is 0 Å². The van der Waals surface area contributed by atoms with Crippen molar-refractivity contribution >= 4 is 6.03 Å². The first-order valence-electron chi connectivity index (χ1n) is 7.69. The molecule has 116 valence electrons. The van der Waals surface area contributed by atoms with Crippen LogP contribution in [-0.4, -0.2) is 29.6 Å². The lowest BCUT2D eigenvalue weighted by Gasteiger charge is -2.20. The highest BCUT2D eigenvalue weighted by Gasteiger charge is 2.17. The second kappa shape index (κ2) is 6.94. The molecular formula is C17H26N2O2. The number of likely N-dealkylation sites (tertiary alicyclic amines) is 1. The van der Waals surface area contributed by atoms with Gasteiger partial charge < -0.3 is 15.0 Å². The van der Waals surface area contributed by atoms with Crippen molar-refractivity contribution in [3.8, 4) is 0 Å². The molecule has 4 nitrogen and oxygen atoms in total. The summed E-state index contributed by atoms with van der Waals surface area (Å²) < 4.78 is 5.78. The maximum atomic E-state index is 12.0. The normalized spacial score (nSPS) is 15.3. The fourth-order valence-corrected chi connectivity index (χ4v) is 2.34. The summed E-state index contributed by atoms with van der Waals surface area (Å²) in [4.78, 5) is 13.8. The maximum absolute atomic E-state index is 12.0. The van der Waals surface area contributed by atoms with E-state index in [1.807, 2.05) is 37.8 Å². The Morgan fingerprint density at radius 1 is 1.24 bits per heavy atom. The predicted molar refractivity (Wildman–Crippen MR) is 84.0 cm³/mol. The van der Waals surface area contributed by atoms with E-state index in [0.29, 0.717) is 13.2 Å². The minimum Gasteiger partial charge on any atom is -0.371 e. The molecule has 1 aliphatic heterocycles. The highest BCUT2D eigenvalue weighted by atomic mass is 16.5. The molecule has 1 N–H and O–H groups in total. The smallest absolute Gasteiger partial charge is 0.317 e. The first-order valence-corrected chi connectivity index (χ1v) is 7.69. The van der Waals surface area contributed by atoms with Crippen molar-refractivity contribution in [1.82, 2.24) is 10.2 Å². The van der Waals surface area contributed by atoms with Crippen LogP contribution in [0.25, 0.3) is 0 Å². The Morgan fingerprint density at radius 2 is 1.90 bits per heavy atom. The van der Waals surface area contributed by atoms with Crippen LogP contribution in [-0.2, 0) is 17.9 Å². The van der Waals surface area contributed by atoms with Crippen LogP contribution in [0.3, 0.4) is 0 Å². The second-order valence-corrected chi connectivity index (χ2v) is 6.57. The predicted octanol–water partition coefficient (Wildman–Crippen LogP) is 3.31. The molecule has 0 spiro atoms. The molecule has 0 bridgehead atoms. The summed E-state index contributed by atoms with van der Waals surface area (Å²) in [6, 6.07) is 8.24. The van der Waals surface area contributed by atoms with Gasteiger partial charge in [-0.05, 0) is 44.7 Å². The number of rotatable bonds is 4. The lowest BCUT2D eigenvalue weighted by molar-refractivity contribution is -0.0149. The van der Waals surface area contributed by atoms with Crippen molar-refractivity contribution in [1.29, 1.82) is 0 Å². The summed E-state index contributed by atoms with van der Waals surface area (Å²) in [6.07, 6.45) is 2.24. The Labute approximate surface area is 127 Å². The largest absolute Gasteiger partial charge is 0.371 e. The van der Waals surface area contributed by atoms with Crippen molar-refractivity contribution < 1.29 is 9.53 Å². The molecule has 4 heteroatoms. The van der Waals surface area contributed by atoms with E-state index >= 15 is 0 Å². The molecule has 0 saturated carbocycles. The summed E-state index contributed by atoms with van der Waals surface area (Å²) in [7, 11) is 0. The van der Waals surface area contributed by atoms with Gasteiger partial charge in [0, 0.05) is 19.6 Å². The summed E-state index contributed by atoms with van der Waals surface area (Å²) in [5.74, 6) is 0. The van der Waals surface area contributed by atoms with E-state index in [1.165, 1.54) is 0 Å². The van der Waals surface area contributed by atoms with E-state index in [9.17, 15) is 4.79 Å². The van der Waals surface area contributed by atoms with Gasteiger partial charge >= 0.3 is 6.03 Å². The summed E-state index contributed by atoms with van der Waals surface area (Å²) >= 11 is 0. The number of carbonyl (C=O) groups excluding carboxylic acids is 1. The van der Waals surface area contributed by atoms with Crippen LogP contribution in [0.2, 0.25) is 0 Å². The summed E-state index contributed by atoms with van der Waals surface area (Å²) in [5.41, 5.74) is 2.11. The van der Waals surface area contributed by atoms with E-state index < -0.39 is 0 Å². The standard InChI is InChI=1S/C17H26N2O2/c1-17(2,3)21-13-15-8-6-7-14(11-15)12-18-16(20)19-9-4-5-10-19/h6-8,11H,4-5,9-10,12-13H2,1-3H3,(H,18,20). The van der Waals surface area contributed by atoms with E-state index in [-0.39, 0.29) is 11.6 Å². The molecule has 21 heavy (non-hydrogen) atoms. The van der Waals surface area contributed by atoms with Gasteiger partial charge in [0.15, 0.2) is 0 Å². The van der Waals surface area contributed by atoms with Crippen LogP contribution in [0.4, 0.5) is 4.79 Å². The molecule has 2 amide bonds. The Kier molecular flexibility index (Phi) is 5.23. The molecular weight excluding hydrogens is 264 g/mol. The maximum Gasteiger partial charge on any atom is 0.317 e. The zero-order valence-electron chi connectivity index (χ0n) is 13.3. The van der Waals surface area contributed by atoms with Crippen LogP contribution < -0.4 is 5.32 Å². The highest BCUT2D eigenvalue weighted by molar-refractivity contribution is 5.74. The van der Waals surface area contributed by atoms with Crippen molar-refractivity contribution in [2.45, 2.75) is 52.4 Å². The van der Waals surface area contributed by atoms with Gasteiger partial charge in [-0.2, -0.15) is 0 Å². The third kappa shape index (κ3) is 5.38. The van der Waals surface area contributed by atoms with Gasteiger partial charge in [-0.1, -0.05) is 24.3 Å². The van der Waals surface area contributed by atoms with Crippen LogP contribution in [0.15, 0.2) is 24.3 Å². The lowest BCUT2D eigenvalue weighted by atomic mass is 10.1. The molecule has 1 saturated heterocycles. The van der Waals surface area contributed by atoms with E-state index in [2.05, 4.69) is 17.4 Å². The Bertz CT molecular complexity index is 474. The monoisotopic (exact) mass is 290 g/mol. The molecule has 1 fully saturated rings. The molecule has 0 aromatic heterocycles. The van der Waals surface area contributed by atoms with Crippen LogP contribution in [0.1, 0.15) is 44.7 Å². The van der Waals surface area contributed by atoms with Gasteiger partial charge in [0.2, 0.25) is 0 Å². The van der Waals surface area contributed by atoms with Crippen LogP contribution in [0, 0.1) is 0 Å². The van der Waals surface area contributed by atoms with Gasteiger partial charge in [0.1, 0.15) is 0 Å². The van der Waals surface area contributed by atoms with Crippen molar-refractivity contribution in [3.05, 3.63) is 35.4 Å². The van der Waals surface area contributed by atoms with Gasteiger partial charge in [-0.25, -0.2) is 4.79 Å². The molecule has 0 radical (unpaired) electrons. The number of nitrogens with zero attached hydrogens (tertiary/aromatic N) is 1. The highest BCUT2D eigenvalue weighted by Crippen LogP contribution is 2.13. The number of ether oxygens (including phenoxy) is 1. The third-order valence-electron chi connectivity index (χ3n) is 3.50. The van der Waals surface area contributed by atoms with E-state index in [4.69, 9.17) is 4.74 Å². The van der Waals surface area contributed by atoms with Crippen LogP contribution in [0.5, 0.6) is 0 Å². The Morgan fingerprint density at radius 3 is 2.57 bits per heavy atom. The zero-order chi connectivity index (χ0) is 15.3. The molecule has 1 heterocycles. The average Bonchev–Trinajstić information content (AvgIpc) is 2.96. The topological polar surface area (TPSA) is 41.6 Å². The number of carbonyl (C=O) groups is 1. The molecule has 1 aromatic carbocycles. The molecule has 0 atom stereocenters. The summed E-state index contributed by atoms with van der Waals surface area (Å²) in [5, 5.41) is 2.99. The SMILES string of the molecule is CC(C)(C)OCc1cccc(CNC(=O)N2CCCC2)c1. The number of hydrogen-bond acceptors (Lipinski definition) is 2.